The molecule has 0 saturated heterocycles. The molecule has 0 bridgehead atoms. The molecule has 0 unspecified atom stereocenters. The van der Waals surface area contributed by atoms with E-state index in [0.717, 1.165) is 0 Å². The lowest BCUT2D eigenvalue weighted by Gasteiger charge is -1.93. The Morgan fingerprint density at radius 2 is 2.40 bits per heavy atom. The first-order valence-electron chi connectivity index (χ1n) is 4.31. The van der Waals surface area contributed by atoms with Gasteiger partial charge in [-0.15, -0.1) is 5.10 Å². The van der Waals surface area contributed by atoms with Crippen molar-refractivity contribution < 1.29 is 14.4 Å². The summed E-state index contributed by atoms with van der Waals surface area (Å²) in [4.78, 5) is 10.8. The Bertz CT molecular complexity index is 488. The first-order valence-corrected chi connectivity index (χ1v) is 4.31. The van der Waals surface area contributed by atoms with E-state index < -0.39 is 5.97 Å². The van der Waals surface area contributed by atoms with Crippen LogP contribution in [0, 0.1) is 0 Å². The zero-order chi connectivity index (χ0) is 10.8. The molecule has 2 heterocycles. The Balaban J connectivity index is 2.54. The minimum atomic E-state index is -1.14. The van der Waals surface area contributed by atoms with Gasteiger partial charge >= 0.3 is 5.97 Å². The summed E-state index contributed by atoms with van der Waals surface area (Å²) >= 11 is 0. The van der Waals surface area contributed by atoms with Crippen LogP contribution in [0.1, 0.15) is 23.1 Å². The highest BCUT2D eigenvalue weighted by Crippen LogP contribution is 2.23. The standard InChI is InChI=1S/C8H8N4O3/c1-2-5-4(3-15-11-5)6-7(8(13)14)10-12-9-6/h3H,2H2,1H3,(H,13,14)(H,9,10,12). The van der Waals surface area contributed by atoms with Crippen molar-refractivity contribution in [3.8, 4) is 11.3 Å². The highest BCUT2D eigenvalue weighted by Gasteiger charge is 2.20. The molecule has 0 fully saturated rings. The minimum Gasteiger partial charge on any atom is -0.476 e. The van der Waals surface area contributed by atoms with Gasteiger partial charge in [-0.2, -0.15) is 10.3 Å². The van der Waals surface area contributed by atoms with Gasteiger partial charge in [0.05, 0.1) is 11.3 Å². The Hall–Kier alpha value is -2.18. The highest BCUT2D eigenvalue weighted by molar-refractivity contribution is 5.92. The number of carboxylic acids is 1. The number of nitrogens with zero attached hydrogens (tertiary/aromatic N) is 3. The third-order valence-corrected chi connectivity index (χ3v) is 1.98. The third-order valence-electron chi connectivity index (χ3n) is 1.98. The van der Waals surface area contributed by atoms with E-state index in [-0.39, 0.29) is 11.4 Å². The largest absolute Gasteiger partial charge is 0.476 e. The van der Waals surface area contributed by atoms with Gasteiger partial charge in [0.2, 0.25) is 0 Å². The Morgan fingerprint density at radius 1 is 1.60 bits per heavy atom. The van der Waals surface area contributed by atoms with Crippen LogP contribution < -0.4 is 0 Å². The lowest BCUT2D eigenvalue weighted by molar-refractivity contribution is 0.0691. The Kier molecular flexibility index (Phi) is 2.20. The van der Waals surface area contributed by atoms with Gasteiger partial charge in [-0.1, -0.05) is 12.1 Å². The van der Waals surface area contributed by atoms with E-state index in [9.17, 15) is 4.79 Å². The van der Waals surface area contributed by atoms with E-state index in [1.54, 1.807) is 0 Å². The van der Waals surface area contributed by atoms with E-state index in [4.69, 9.17) is 9.63 Å². The van der Waals surface area contributed by atoms with E-state index in [1.165, 1.54) is 6.26 Å². The maximum Gasteiger partial charge on any atom is 0.358 e. The fourth-order valence-corrected chi connectivity index (χ4v) is 1.28. The average Bonchev–Trinajstić information content (AvgIpc) is 2.85. The predicted octanol–water partition coefficient (Wildman–Crippen LogP) is 0.720. The van der Waals surface area contributed by atoms with E-state index in [2.05, 4.69) is 20.6 Å². The van der Waals surface area contributed by atoms with Crippen molar-refractivity contribution in [1.29, 1.82) is 0 Å². The van der Waals surface area contributed by atoms with E-state index >= 15 is 0 Å². The molecule has 0 aliphatic heterocycles. The summed E-state index contributed by atoms with van der Waals surface area (Å²) in [6.45, 7) is 1.89. The topological polar surface area (TPSA) is 105 Å². The number of hydrogen-bond donors (Lipinski definition) is 2. The van der Waals surface area contributed by atoms with Crippen molar-refractivity contribution in [2.24, 2.45) is 0 Å². The number of H-pyrrole nitrogens is 1. The Labute approximate surface area is 84.1 Å². The fraction of sp³-hybridized carbons (Fsp3) is 0.250. The molecule has 0 spiro atoms. The molecule has 78 valence electrons. The zero-order valence-corrected chi connectivity index (χ0v) is 7.89. The molecule has 0 aromatic carbocycles. The lowest BCUT2D eigenvalue weighted by atomic mass is 10.1. The number of carbonyl (C=O) groups is 1. The van der Waals surface area contributed by atoms with Crippen LogP contribution in [0.2, 0.25) is 0 Å². The molecule has 0 atom stereocenters. The van der Waals surface area contributed by atoms with Crippen molar-refractivity contribution in [3.05, 3.63) is 17.7 Å². The molecular formula is C8H8N4O3. The summed E-state index contributed by atoms with van der Waals surface area (Å²) in [5, 5.41) is 22.2. The number of aromatic carboxylic acids is 1. The summed E-state index contributed by atoms with van der Waals surface area (Å²) in [5.74, 6) is -1.14. The number of carboxylic acid groups (broad SMARTS) is 1. The molecule has 7 heteroatoms. The minimum absolute atomic E-state index is 0.132. The monoisotopic (exact) mass is 208 g/mol. The second kappa shape index (κ2) is 3.52. The van der Waals surface area contributed by atoms with Crippen molar-refractivity contribution in [2.75, 3.05) is 0 Å². The maximum absolute atomic E-state index is 10.8. The van der Waals surface area contributed by atoms with Crippen LogP contribution in [0.3, 0.4) is 0 Å². The van der Waals surface area contributed by atoms with Crippen molar-refractivity contribution in [3.63, 3.8) is 0 Å². The van der Waals surface area contributed by atoms with Crippen LogP contribution in [0.25, 0.3) is 11.3 Å². The molecule has 0 aliphatic rings. The van der Waals surface area contributed by atoms with Crippen molar-refractivity contribution in [1.82, 2.24) is 20.6 Å². The number of rotatable bonds is 3. The van der Waals surface area contributed by atoms with Crippen LogP contribution in [-0.2, 0) is 6.42 Å². The lowest BCUT2D eigenvalue weighted by Crippen LogP contribution is -1.99. The molecule has 2 N–H and O–H groups in total. The highest BCUT2D eigenvalue weighted by atomic mass is 16.5. The smallest absolute Gasteiger partial charge is 0.358 e. The summed E-state index contributed by atoms with van der Waals surface area (Å²) in [5.41, 5.74) is 1.34. The molecule has 0 aliphatic carbocycles. The fourth-order valence-electron chi connectivity index (χ4n) is 1.28. The van der Waals surface area contributed by atoms with Crippen LogP contribution in [-0.4, -0.2) is 31.6 Å². The van der Waals surface area contributed by atoms with Crippen LogP contribution >= 0.6 is 0 Å². The molecule has 0 amide bonds. The molecule has 2 aromatic heterocycles. The first kappa shape index (κ1) is 9.38. The maximum atomic E-state index is 10.8. The zero-order valence-electron chi connectivity index (χ0n) is 7.89. The quantitative estimate of drug-likeness (QED) is 0.769. The van der Waals surface area contributed by atoms with Crippen molar-refractivity contribution >= 4 is 5.97 Å². The van der Waals surface area contributed by atoms with E-state index in [1.807, 2.05) is 6.92 Å². The number of aromatic amines is 1. The van der Waals surface area contributed by atoms with Gasteiger partial charge in [0.1, 0.15) is 12.0 Å². The Morgan fingerprint density at radius 3 is 3.07 bits per heavy atom. The van der Waals surface area contributed by atoms with Crippen LogP contribution in [0.4, 0.5) is 0 Å². The average molecular weight is 208 g/mol. The van der Waals surface area contributed by atoms with Gasteiger partial charge in [0.25, 0.3) is 0 Å². The van der Waals surface area contributed by atoms with E-state index in [0.29, 0.717) is 17.7 Å². The number of hydrogen-bond acceptors (Lipinski definition) is 5. The van der Waals surface area contributed by atoms with Gasteiger partial charge in [0, 0.05) is 0 Å². The number of aryl methyl sites for hydroxylation is 1. The number of nitrogens with one attached hydrogen (secondary N) is 1. The van der Waals surface area contributed by atoms with Crippen molar-refractivity contribution in [2.45, 2.75) is 13.3 Å². The van der Waals surface area contributed by atoms with Crippen LogP contribution in [0.5, 0.6) is 0 Å². The van der Waals surface area contributed by atoms with Gasteiger partial charge in [-0.3, -0.25) is 0 Å². The number of aromatic nitrogens is 4. The SMILES string of the molecule is CCc1nocc1-c1n[nH]nc1C(=O)O. The van der Waals surface area contributed by atoms with Gasteiger partial charge in [-0.05, 0) is 6.42 Å². The van der Waals surface area contributed by atoms with Gasteiger partial charge in [0.15, 0.2) is 5.69 Å². The molecule has 0 saturated carbocycles. The van der Waals surface area contributed by atoms with Gasteiger partial charge < -0.3 is 9.63 Å². The van der Waals surface area contributed by atoms with Gasteiger partial charge in [-0.25, -0.2) is 4.79 Å². The molecule has 0 radical (unpaired) electrons. The first-order chi connectivity index (χ1) is 7.24. The molecule has 2 rings (SSSR count). The second-order valence-electron chi connectivity index (χ2n) is 2.85. The summed E-state index contributed by atoms with van der Waals surface area (Å²) in [7, 11) is 0. The summed E-state index contributed by atoms with van der Waals surface area (Å²) in [6.07, 6.45) is 2.00. The molecule has 2 aromatic rings. The summed E-state index contributed by atoms with van der Waals surface area (Å²) < 4.78 is 4.77. The van der Waals surface area contributed by atoms with Crippen LogP contribution in [0.15, 0.2) is 10.8 Å². The molecular weight excluding hydrogens is 200 g/mol. The normalized spacial score (nSPS) is 10.5. The summed E-state index contributed by atoms with van der Waals surface area (Å²) in [6, 6.07) is 0. The third kappa shape index (κ3) is 1.47. The predicted molar refractivity (Wildman–Crippen MR) is 48.2 cm³/mol. The molecule has 7 nitrogen and oxygen atoms in total. The second-order valence-corrected chi connectivity index (χ2v) is 2.85. The molecule has 15 heavy (non-hydrogen) atoms.